The van der Waals surface area contributed by atoms with Crippen LogP contribution in [0.5, 0.6) is 0 Å². The first-order valence-corrected chi connectivity index (χ1v) is 7.48. The third kappa shape index (κ3) is 3.37. The molecule has 2 rings (SSSR count). The maximum atomic E-state index is 12.3. The summed E-state index contributed by atoms with van der Waals surface area (Å²) in [6.45, 7) is 3.67. The highest BCUT2D eigenvalue weighted by Crippen LogP contribution is 2.22. The van der Waals surface area contributed by atoms with Gasteiger partial charge in [0.15, 0.2) is 0 Å². The van der Waals surface area contributed by atoms with Gasteiger partial charge in [-0.2, -0.15) is 0 Å². The van der Waals surface area contributed by atoms with Crippen molar-refractivity contribution in [3.05, 3.63) is 0 Å². The molecule has 0 spiro atoms. The molecule has 1 saturated carbocycles. The van der Waals surface area contributed by atoms with Gasteiger partial charge < -0.3 is 16.0 Å². The molecule has 0 bridgehead atoms. The van der Waals surface area contributed by atoms with Gasteiger partial charge in [-0.3, -0.25) is 0 Å². The molecule has 18 heavy (non-hydrogen) atoms. The van der Waals surface area contributed by atoms with Gasteiger partial charge in [0.1, 0.15) is 0 Å². The lowest BCUT2D eigenvalue weighted by Gasteiger charge is -2.38. The van der Waals surface area contributed by atoms with Crippen molar-refractivity contribution in [2.75, 3.05) is 13.1 Å². The molecular formula is C14H27N3O. The highest BCUT2D eigenvalue weighted by molar-refractivity contribution is 5.75. The van der Waals surface area contributed by atoms with Gasteiger partial charge >= 0.3 is 6.03 Å². The number of rotatable bonds is 2. The van der Waals surface area contributed by atoms with Gasteiger partial charge in [0.25, 0.3) is 0 Å². The Balaban J connectivity index is 1.85. The molecule has 0 aromatic heterocycles. The molecule has 0 aromatic rings. The van der Waals surface area contributed by atoms with Crippen LogP contribution in [-0.4, -0.2) is 36.1 Å². The number of nitrogens with zero attached hydrogens (tertiary/aromatic N) is 1. The minimum absolute atomic E-state index is 0.132. The molecule has 104 valence electrons. The molecule has 1 heterocycles. The zero-order valence-electron chi connectivity index (χ0n) is 11.5. The largest absolute Gasteiger partial charge is 0.335 e. The highest BCUT2D eigenvalue weighted by Gasteiger charge is 2.29. The minimum atomic E-state index is 0.132. The van der Waals surface area contributed by atoms with Crippen LogP contribution in [-0.2, 0) is 0 Å². The number of hydrogen-bond donors (Lipinski definition) is 2. The SMILES string of the molecule is CC1CCC(CN)CN1C(=O)NC1CCCCC1. The van der Waals surface area contributed by atoms with Gasteiger partial charge in [0.05, 0.1) is 0 Å². The summed E-state index contributed by atoms with van der Waals surface area (Å²) in [5, 5.41) is 3.21. The van der Waals surface area contributed by atoms with Crippen molar-refractivity contribution in [2.45, 2.75) is 64.0 Å². The lowest BCUT2D eigenvalue weighted by atomic mass is 9.93. The number of amides is 2. The Kier molecular flexibility index (Phi) is 4.87. The predicted molar refractivity (Wildman–Crippen MR) is 73.4 cm³/mol. The Hall–Kier alpha value is -0.770. The van der Waals surface area contributed by atoms with Crippen molar-refractivity contribution in [1.82, 2.24) is 10.2 Å². The van der Waals surface area contributed by atoms with Crippen LogP contribution >= 0.6 is 0 Å². The van der Waals surface area contributed by atoms with E-state index in [1.807, 2.05) is 4.90 Å². The molecule has 4 nitrogen and oxygen atoms in total. The lowest BCUT2D eigenvalue weighted by Crippen LogP contribution is -2.53. The van der Waals surface area contributed by atoms with Crippen LogP contribution in [0.4, 0.5) is 4.79 Å². The summed E-state index contributed by atoms with van der Waals surface area (Å²) in [5.41, 5.74) is 5.74. The number of piperidine rings is 1. The fourth-order valence-corrected chi connectivity index (χ4v) is 3.16. The van der Waals surface area contributed by atoms with Gasteiger partial charge in [0.2, 0.25) is 0 Å². The maximum absolute atomic E-state index is 12.3. The Bertz CT molecular complexity index is 276. The van der Waals surface area contributed by atoms with E-state index in [1.54, 1.807) is 0 Å². The van der Waals surface area contributed by atoms with Crippen molar-refractivity contribution in [3.8, 4) is 0 Å². The number of nitrogens with two attached hydrogens (primary N) is 1. The fraction of sp³-hybridized carbons (Fsp3) is 0.929. The van der Waals surface area contributed by atoms with E-state index in [4.69, 9.17) is 5.73 Å². The van der Waals surface area contributed by atoms with Gasteiger partial charge in [-0.05, 0) is 45.1 Å². The summed E-state index contributed by atoms with van der Waals surface area (Å²) in [6, 6.07) is 0.889. The van der Waals surface area contributed by atoms with E-state index in [9.17, 15) is 4.79 Å². The van der Waals surface area contributed by atoms with Crippen LogP contribution in [0, 0.1) is 5.92 Å². The highest BCUT2D eigenvalue weighted by atomic mass is 16.2. The van der Waals surface area contributed by atoms with Crippen molar-refractivity contribution in [1.29, 1.82) is 0 Å². The molecule has 2 atom stereocenters. The monoisotopic (exact) mass is 253 g/mol. The lowest BCUT2D eigenvalue weighted by molar-refractivity contribution is 0.129. The Morgan fingerprint density at radius 1 is 1.22 bits per heavy atom. The summed E-state index contributed by atoms with van der Waals surface area (Å²) >= 11 is 0. The van der Waals surface area contributed by atoms with Crippen molar-refractivity contribution < 1.29 is 4.79 Å². The third-order valence-corrected chi connectivity index (χ3v) is 4.51. The predicted octanol–water partition coefficient (Wildman–Crippen LogP) is 2.09. The topological polar surface area (TPSA) is 58.4 Å². The Morgan fingerprint density at radius 2 is 1.94 bits per heavy atom. The average Bonchev–Trinajstić information content (AvgIpc) is 2.40. The van der Waals surface area contributed by atoms with Crippen molar-refractivity contribution in [3.63, 3.8) is 0 Å². The van der Waals surface area contributed by atoms with Crippen LogP contribution in [0.2, 0.25) is 0 Å². The van der Waals surface area contributed by atoms with Gasteiger partial charge in [-0.1, -0.05) is 19.3 Å². The normalized spacial score (nSPS) is 30.2. The molecular weight excluding hydrogens is 226 g/mol. The fourth-order valence-electron chi connectivity index (χ4n) is 3.16. The van der Waals surface area contributed by atoms with Crippen LogP contribution < -0.4 is 11.1 Å². The quantitative estimate of drug-likeness (QED) is 0.791. The number of carbonyl (C=O) groups is 1. The van der Waals surface area contributed by atoms with Gasteiger partial charge in [-0.15, -0.1) is 0 Å². The van der Waals surface area contributed by atoms with E-state index >= 15 is 0 Å². The molecule has 1 aliphatic heterocycles. The molecule has 2 aliphatic rings. The van der Waals surface area contributed by atoms with Crippen LogP contribution in [0.25, 0.3) is 0 Å². The Labute approximate surface area is 110 Å². The maximum Gasteiger partial charge on any atom is 0.317 e. The number of nitrogens with one attached hydrogen (secondary N) is 1. The molecule has 1 saturated heterocycles. The van der Waals surface area contributed by atoms with E-state index in [2.05, 4.69) is 12.2 Å². The van der Waals surface area contributed by atoms with E-state index in [0.29, 0.717) is 24.5 Å². The second-order valence-electron chi connectivity index (χ2n) is 5.96. The van der Waals surface area contributed by atoms with E-state index in [1.165, 1.54) is 19.3 Å². The number of hydrogen-bond acceptors (Lipinski definition) is 2. The molecule has 0 aromatic carbocycles. The van der Waals surface area contributed by atoms with Gasteiger partial charge in [-0.25, -0.2) is 4.79 Å². The number of carbonyl (C=O) groups excluding carboxylic acids is 1. The van der Waals surface area contributed by atoms with Crippen LogP contribution in [0.1, 0.15) is 51.9 Å². The summed E-state index contributed by atoms with van der Waals surface area (Å²) in [6.07, 6.45) is 8.37. The average molecular weight is 253 g/mol. The molecule has 4 heteroatoms. The minimum Gasteiger partial charge on any atom is -0.335 e. The van der Waals surface area contributed by atoms with E-state index < -0.39 is 0 Å². The molecule has 1 aliphatic carbocycles. The first kappa shape index (κ1) is 13.7. The summed E-state index contributed by atoms with van der Waals surface area (Å²) in [5.74, 6) is 0.485. The molecule has 2 unspecified atom stereocenters. The second kappa shape index (κ2) is 6.41. The smallest absolute Gasteiger partial charge is 0.317 e. The second-order valence-corrected chi connectivity index (χ2v) is 5.96. The third-order valence-electron chi connectivity index (χ3n) is 4.51. The number of likely N-dealkylation sites (tertiary alicyclic amines) is 1. The van der Waals surface area contributed by atoms with Crippen molar-refractivity contribution >= 4 is 6.03 Å². The zero-order chi connectivity index (χ0) is 13.0. The summed E-state index contributed by atoms with van der Waals surface area (Å²) in [7, 11) is 0. The van der Waals surface area contributed by atoms with Crippen molar-refractivity contribution in [2.24, 2.45) is 11.7 Å². The summed E-state index contributed by atoms with van der Waals surface area (Å²) in [4.78, 5) is 14.3. The molecule has 3 N–H and O–H groups in total. The van der Waals surface area contributed by atoms with Crippen LogP contribution in [0.15, 0.2) is 0 Å². The first-order valence-electron chi connectivity index (χ1n) is 7.48. The standard InChI is InChI=1S/C14H27N3O/c1-11-7-8-12(9-15)10-17(11)14(18)16-13-5-3-2-4-6-13/h11-13H,2-10,15H2,1H3,(H,16,18). The van der Waals surface area contributed by atoms with E-state index in [0.717, 1.165) is 32.2 Å². The molecule has 2 amide bonds. The van der Waals surface area contributed by atoms with Gasteiger partial charge in [0, 0.05) is 18.6 Å². The first-order chi connectivity index (χ1) is 8.70. The van der Waals surface area contributed by atoms with Crippen LogP contribution in [0.3, 0.4) is 0 Å². The molecule has 2 fully saturated rings. The van der Waals surface area contributed by atoms with E-state index in [-0.39, 0.29) is 6.03 Å². The zero-order valence-corrected chi connectivity index (χ0v) is 11.5. The Morgan fingerprint density at radius 3 is 2.61 bits per heavy atom. The molecule has 0 radical (unpaired) electrons. The number of urea groups is 1. The summed E-state index contributed by atoms with van der Waals surface area (Å²) < 4.78 is 0.